The number of anilines is 2. The Labute approximate surface area is 199 Å². The Morgan fingerprint density at radius 1 is 0.917 bits per heavy atom. The molecule has 0 aliphatic rings. The predicted octanol–water partition coefficient (Wildman–Crippen LogP) is 2.50. The predicted molar refractivity (Wildman–Crippen MR) is 121 cm³/mol. The largest absolute Gasteiger partial charge is 0.497 e. The molecule has 0 unspecified atom stereocenters. The van der Waals surface area contributed by atoms with E-state index in [4.69, 9.17) is 4.74 Å². The highest BCUT2D eigenvalue weighted by Gasteiger charge is 2.22. The summed E-state index contributed by atoms with van der Waals surface area (Å²) in [6.45, 7) is -1.31. The lowest BCUT2D eigenvalue weighted by Crippen LogP contribution is -2.43. The first-order valence-electron chi connectivity index (χ1n) is 10.3. The minimum atomic E-state index is -2.06. The van der Waals surface area contributed by atoms with Gasteiger partial charge in [-0.2, -0.15) is 4.98 Å². The summed E-state index contributed by atoms with van der Waals surface area (Å²) in [5.74, 6) is -7.33. The van der Waals surface area contributed by atoms with Gasteiger partial charge in [-0.1, -0.05) is 6.07 Å². The van der Waals surface area contributed by atoms with Crippen molar-refractivity contribution in [1.29, 1.82) is 0 Å². The van der Waals surface area contributed by atoms with Crippen LogP contribution >= 0.6 is 0 Å². The van der Waals surface area contributed by atoms with Crippen LogP contribution in [0.1, 0.15) is 11.1 Å². The average molecular weight is 503 g/mol. The molecule has 0 saturated heterocycles. The van der Waals surface area contributed by atoms with Gasteiger partial charge in [0, 0.05) is 23.0 Å². The summed E-state index contributed by atoms with van der Waals surface area (Å²) in [4.78, 5) is 44.3. The van der Waals surface area contributed by atoms with Gasteiger partial charge in [0.2, 0.25) is 5.95 Å². The maximum Gasteiger partial charge on any atom is 0.355 e. The van der Waals surface area contributed by atoms with Gasteiger partial charge in [-0.3, -0.25) is 9.36 Å². The third kappa shape index (κ3) is 4.76. The Hall–Kier alpha value is -4.68. The van der Waals surface area contributed by atoms with Gasteiger partial charge in [0.15, 0.2) is 23.3 Å². The third-order valence-corrected chi connectivity index (χ3v) is 5.23. The molecular weight excluding hydrogens is 486 g/mol. The number of rotatable bonds is 7. The van der Waals surface area contributed by atoms with Crippen molar-refractivity contribution in [3.05, 3.63) is 114 Å². The van der Waals surface area contributed by atoms with E-state index in [0.717, 1.165) is 4.57 Å². The highest BCUT2D eigenvalue weighted by molar-refractivity contribution is 5.54. The van der Waals surface area contributed by atoms with Crippen LogP contribution in [0.2, 0.25) is 0 Å². The number of methoxy groups -OCH3 is 1. The number of nitrogens with one attached hydrogen (secondary N) is 2. The second kappa shape index (κ2) is 9.90. The second-order valence-corrected chi connectivity index (χ2v) is 7.51. The van der Waals surface area contributed by atoms with E-state index < -0.39 is 64.8 Å². The first-order chi connectivity index (χ1) is 17.2. The van der Waals surface area contributed by atoms with Crippen molar-refractivity contribution in [3.8, 4) is 5.75 Å². The maximum absolute atomic E-state index is 14.4. The molecular formula is C23H17F4N5O4. The molecule has 0 spiro atoms. The normalized spacial score (nSPS) is 10.9. The van der Waals surface area contributed by atoms with E-state index in [1.807, 2.05) is 0 Å². The number of aromatic amines is 1. The van der Waals surface area contributed by atoms with E-state index in [1.54, 1.807) is 12.1 Å². The number of ether oxygens (including phenoxy) is 1. The monoisotopic (exact) mass is 503 g/mol. The Bertz CT molecular complexity index is 1610. The van der Waals surface area contributed by atoms with Gasteiger partial charge in [-0.15, -0.1) is 0 Å². The summed E-state index contributed by atoms with van der Waals surface area (Å²) in [5, 5.41) is 2.72. The maximum atomic E-state index is 14.4. The van der Waals surface area contributed by atoms with E-state index in [1.165, 1.54) is 37.6 Å². The lowest BCUT2D eigenvalue weighted by Gasteiger charge is -2.16. The van der Waals surface area contributed by atoms with Crippen molar-refractivity contribution in [2.75, 3.05) is 12.4 Å². The van der Waals surface area contributed by atoms with Crippen LogP contribution in [-0.2, 0) is 13.1 Å². The van der Waals surface area contributed by atoms with E-state index in [-0.39, 0.29) is 5.56 Å². The highest BCUT2D eigenvalue weighted by atomic mass is 19.2. The van der Waals surface area contributed by atoms with Crippen molar-refractivity contribution in [1.82, 2.24) is 19.1 Å². The van der Waals surface area contributed by atoms with E-state index in [2.05, 4.69) is 15.3 Å². The van der Waals surface area contributed by atoms with Gasteiger partial charge in [-0.25, -0.2) is 31.7 Å². The van der Waals surface area contributed by atoms with Crippen molar-refractivity contribution in [2.45, 2.75) is 13.1 Å². The number of halogens is 4. The quantitative estimate of drug-likeness (QED) is 0.228. The van der Waals surface area contributed by atoms with Gasteiger partial charge in [0.05, 0.1) is 20.2 Å². The Kier molecular flexibility index (Phi) is 6.72. The van der Waals surface area contributed by atoms with Crippen molar-refractivity contribution >= 4 is 11.6 Å². The van der Waals surface area contributed by atoms with Crippen LogP contribution in [0.4, 0.5) is 29.2 Å². The Morgan fingerprint density at radius 3 is 2.28 bits per heavy atom. The molecule has 0 radical (unpaired) electrons. The Morgan fingerprint density at radius 2 is 1.61 bits per heavy atom. The van der Waals surface area contributed by atoms with E-state index >= 15 is 0 Å². The Balaban J connectivity index is 1.86. The van der Waals surface area contributed by atoms with Crippen molar-refractivity contribution < 1.29 is 22.3 Å². The van der Waals surface area contributed by atoms with Gasteiger partial charge in [0.25, 0.3) is 5.56 Å². The molecule has 13 heteroatoms. The zero-order valence-electron chi connectivity index (χ0n) is 18.5. The summed E-state index contributed by atoms with van der Waals surface area (Å²) in [6.07, 6.45) is 1.35. The van der Waals surface area contributed by atoms with Gasteiger partial charge >= 0.3 is 11.4 Å². The molecule has 0 amide bonds. The van der Waals surface area contributed by atoms with E-state index in [0.29, 0.717) is 22.1 Å². The molecule has 4 rings (SSSR count). The summed E-state index contributed by atoms with van der Waals surface area (Å²) in [7, 11) is 1.45. The number of pyridine rings is 1. The summed E-state index contributed by atoms with van der Waals surface area (Å²) in [5.41, 5.74) is -3.01. The lowest BCUT2D eigenvalue weighted by molar-refractivity contribution is 0.401. The van der Waals surface area contributed by atoms with Crippen molar-refractivity contribution in [2.24, 2.45) is 0 Å². The van der Waals surface area contributed by atoms with Crippen LogP contribution in [0.5, 0.6) is 5.75 Å². The first-order valence-corrected chi connectivity index (χ1v) is 10.3. The van der Waals surface area contributed by atoms with Crippen LogP contribution in [0.3, 0.4) is 0 Å². The van der Waals surface area contributed by atoms with Crippen LogP contribution in [0.25, 0.3) is 0 Å². The third-order valence-electron chi connectivity index (χ3n) is 5.23. The molecule has 186 valence electrons. The molecule has 36 heavy (non-hydrogen) atoms. The average Bonchev–Trinajstić information content (AvgIpc) is 2.87. The van der Waals surface area contributed by atoms with Crippen LogP contribution in [0.15, 0.2) is 63.0 Å². The minimum absolute atomic E-state index is 0.0472. The summed E-state index contributed by atoms with van der Waals surface area (Å²) >= 11 is 0. The van der Waals surface area contributed by atoms with Gasteiger partial charge in [0.1, 0.15) is 5.75 Å². The molecule has 4 aromatic rings. The molecule has 0 aliphatic heterocycles. The molecule has 2 heterocycles. The molecule has 0 fully saturated rings. The first kappa shape index (κ1) is 24.4. The molecule has 0 aliphatic carbocycles. The number of hydrogen-bond donors (Lipinski definition) is 2. The van der Waals surface area contributed by atoms with Crippen LogP contribution in [-0.4, -0.2) is 26.2 Å². The topological polar surface area (TPSA) is 111 Å². The second-order valence-electron chi connectivity index (χ2n) is 7.51. The molecule has 0 saturated carbocycles. The summed E-state index contributed by atoms with van der Waals surface area (Å²) < 4.78 is 61.9. The van der Waals surface area contributed by atoms with Gasteiger partial charge < -0.3 is 15.0 Å². The zero-order chi connectivity index (χ0) is 26.0. The molecule has 2 aromatic heterocycles. The molecule has 2 aromatic carbocycles. The number of nitrogens with zero attached hydrogens (tertiary/aromatic N) is 3. The number of aromatic nitrogens is 4. The number of hydrogen-bond acceptors (Lipinski definition) is 6. The highest BCUT2D eigenvalue weighted by Crippen LogP contribution is 2.21. The fraction of sp³-hybridized carbons (Fsp3) is 0.130. The minimum Gasteiger partial charge on any atom is -0.497 e. The molecule has 0 bridgehead atoms. The SMILES string of the molecule is COc1ccc(Nc2nc(=O)n(Cc3ccc[nH]c3=O)c(=O)n2Cc2cc(F)c(F)c(F)c2F)cc1. The fourth-order valence-corrected chi connectivity index (χ4v) is 3.36. The van der Waals surface area contributed by atoms with Crippen molar-refractivity contribution in [3.63, 3.8) is 0 Å². The molecule has 2 N–H and O–H groups in total. The van der Waals surface area contributed by atoms with Crippen LogP contribution < -0.4 is 27.0 Å². The lowest BCUT2D eigenvalue weighted by atomic mass is 10.2. The molecule has 0 atom stereocenters. The molecule has 9 nitrogen and oxygen atoms in total. The smallest absolute Gasteiger partial charge is 0.355 e. The number of H-pyrrole nitrogens is 1. The standard InChI is InChI=1S/C23H17F4N5O4/c1-36-15-6-4-14(5-7-15)29-21-30-22(34)32(10-12-3-2-8-28-20(12)33)23(35)31(21)11-13-9-16(24)18(26)19(27)17(13)25/h2-9H,10-11H2,1H3,(H,28,33)(H,29,30,34). The fourth-order valence-electron chi connectivity index (χ4n) is 3.36. The zero-order valence-corrected chi connectivity index (χ0v) is 18.5. The van der Waals surface area contributed by atoms with Gasteiger partial charge in [-0.05, 0) is 36.4 Å². The summed E-state index contributed by atoms with van der Waals surface area (Å²) in [6, 6.07) is 9.45. The number of benzene rings is 2. The van der Waals surface area contributed by atoms with E-state index in [9.17, 15) is 31.9 Å². The van der Waals surface area contributed by atoms with Crippen LogP contribution in [0, 0.1) is 23.3 Å².